The van der Waals surface area contributed by atoms with Crippen LogP contribution in [0.3, 0.4) is 0 Å². The van der Waals surface area contributed by atoms with Crippen molar-refractivity contribution in [1.82, 2.24) is 10.2 Å². The monoisotopic (exact) mass is 333 g/mol. The molecule has 1 aliphatic rings. The van der Waals surface area contributed by atoms with Crippen molar-refractivity contribution in [2.75, 3.05) is 18.5 Å². The highest BCUT2D eigenvalue weighted by molar-refractivity contribution is 5.95. The fourth-order valence-corrected chi connectivity index (χ4v) is 2.77. The smallest absolute Gasteiger partial charge is 0.322 e. The maximum absolute atomic E-state index is 12.6. The molecule has 1 fully saturated rings. The molecule has 3 amide bonds. The Hall–Kier alpha value is -2.24. The van der Waals surface area contributed by atoms with Crippen molar-refractivity contribution < 1.29 is 14.3 Å². The lowest BCUT2D eigenvalue weighted by Crippen LogP contribution is -2.52. The highest BCUT2D eigenvalue weighted by Crippen LogP contribution is 2.26. The van der Waals surface area contributed by atoms with E-state index in [0.717, 1.165) is 6.42 Å². The fourth-order valence-electron chi connectivity index (χ4n) is 2.77. The molecular formula is C18H27N3O3. The van der Waals surface area contributed by atoms with Gasteiger partial charge in [-0.3, -0.25) is 4.79 Å². The number of benzene rings is 1. The average molecular weight is 333 g/mol. The average Bonchev–Trinajstić information content (AvgIpc) is 2.97. The first-order valence-electron chi connectivity index (χ1n) is 8.43. The molecule has 0 unspecified atom stereocenters. The van der Waals surface area contributed by atoms with E-state index in [-0.39, 0.29) is 17.5 Å². The summed E-state index contributed by atoms with van der Waals surface area (Å²) in [5.41, 5.74) is 0.301. The maximum atomic E-state index is 12.6. The number of carbonyl (C=O) groups excluding carboxylic acids is 2. The molecule has 2 N–H and O–H groups in total. The minimum absolute atomic E-state index is 0.103. The molecular weight excluding hydrogens is 306 g/mol. The summed E-state index contributed by atoms with van der Waals surface area (Å²) in [4.78, 5) is 26.7. The molecule has 1 aromatic rings. The second-order valence-corrected chi connectivity index (χ2v) is 6.95. The van der Waals surface area contributed by atoms with Gasteiger partial charge < -0.3 is 20.3 Å². The quantitative estimate of drug-likeness (QED) is 0.890. The van der Waals surface area contributed by atoms with Crippen LogP contribution in [0.25, 0.3) is 0 Å². The summed E-state index contributed by atoms with van der Waals surface area (Å²) in [7, 11) is 0. The predicted molar refractivity (Wildman–Crippen MR) is 94.3 cm³/mol. The number of ether oxygens (including phenoxy) is 1. The van der Waals surface area contributed by atoms with Crippen LogP contribution in [-0.4, -0.2) is 41.6 Å². The van der Waals surface area contributed by atoms with Crippen molar-refractivity contribution in [1.29, 1.82) is 0 Å². The van der Waals surface area contributed by atoms with Gasteiger partial charge in [0.2, 0.25) is 5.91 Å². The van der Waals surface area contributed by atoms with Gasteiger partial charge in [-0.2, -0.15) is 0 Å². The number of nitrogens with zero attached hydrogens (tertiary/aromatic N) is 1. The van der Waals surface area contributed by atoms with Gasteiger partial charge in [0.15, 0.2) is 0 Å². The van der Waals surface area contributed by atoms with Gasteiger partial charge in [-0.05, 0) is 52.7 Å². The zero-order chi connectivity index (χ0) is 17.7. The molecule has 0 bridgehead atoms. The molecule has 6 heteroatoms. The number of anilines is 1. The van der Waals surface area contributed by atoms with Crippen molar-refractivity contribution in [3.63, 3.8) is 0 Å². The molecule has 1 aliphatic heterocycles. The molecule has 0 saturated carbocycles. The van der Waals surface area contributed by atoms with E-state index in [0.29, 0.717) is 31.0 Å². The number of amides is 3. The number of urea groups is 1. The van der Waals surface area contributed by atoms with Crippen molar-refractivity contribution >= 4 is 17.6 Å². The Morgan fingerprint density at radius 3 is 2.67 bits per heavy atom. The number of carbonyl (C=O) groups is 2. The van der Waals surface area contributed by atoms with E-state index in [9.17, 15) is 9.59 Å². The van der Waals surface area contributed by atoms with Gasteiger partial charge >= 0.3 is 6.03 Å². The minimum atomic E-state index is -0.427. The van der Waals surface area contributed by atoms with Gasteiger partial charge in [0.1, 0.15) is 11.8 Å². The van der Waals surface area contributed by atoms with E-state index in [1.165, 1.54) is 0 Å². The van der Waals surface area contributed by atoms with Crippen LogP contribution in [-0.2, 0) is 4.79 Å². The summed E-state index contributed by atoms with van der Waals surface area (Å²) in [5.74, 6) is 0.525. The molecule has 1 heterocycles. The van der Waals surface area contributed by atoms with Crippen LogP contribution in [0.2, 0.25) is 0 Å². The highest BCUT2D eigenvalue weighted by atomic mass is 16.5. The number of nitrogens with one attached hydrogen (secondary N) is 2. The number of hydrogen-bond acceptors (Lipinski definition) is 3. The molecule has 1 saturated heterocycles. The molecule has 0 spiro atoms. The summed E-state index contributed by atoms with van der Waals surface area (Å²) < 4.78 is 5.53. The second-order valence-electron chi connectivity index (χ2n) is 6.95. The van der Waals surface area contributed by atoms with Gasteiger partial charge in [0.05, 0.1) is 12.3 Å². The summed E-state index contributed by atoms with van der Waals surface area (Å²) in [6, 6.07) is 6.61. The Balaban J connectivity index is 2.07. The molecule has 0 radical (unpaired) electrons. The van der Waals surface area contributed by atoms with Gasteiger partial charge in [0, 0.05) is 12.1 Å². The van der Waals surface area contributed by atoms with E-state index in [1.807, 2.05) is 45.9 Å². The van der Waals surface area contributed by atoms with Gasteiger partial charge in [-0.25, -0.2) is 4.79 Å². The summed E-state index contributed by atoms with van der Waals surface area (Å²) in [6.07, 6.45) is 1.51. The molecule has 132 valence electrons. The zero-order valence-corrected chi connectivity index (χ0v) is 14.9. The first kappa shape index (κ1) is 18.1. The number of likely N-dealkylation sites (tertiary alicyclic amines) is 1. The van der Waals surface area contributed by atoms with Gasteiger partial charge in [0.25, 0.3) is 0 Å². The van der Waals surface area contributed by atoms with E-state index in [4.69, 9.17) is 4.74 Å². The Labute approximate surface area is 143 Å². The third kappa shape index (κ3) is 4.63. The summed E-state index contributed by atoms with van der Waals surface area (Å²) >= 11 is 0. The summed E-state index contributed by atoms with van der Waals surface area (Å²) in [5, 5.41) is 5.82. The van der Waals surface area contributed by atoms with E-state index in [1.54, 1.807) is 11.0 Å². The largest absolute Gasteiger partial charge is 0.492 e. The molecule has 2 rings (SSSR count). The number of hydrogen-bond donors (Lipinski definition) is 2. The molecule has 24 heavy (non-hydrogen) atoms. The highest BCUT2D eigenvalue weighted by Gasteiger charge is 2.35. The molecule has 1 aromatic carbocycles. The lowest BCUT2D eigenvalue weighted by Gasteiger charge is -2.28. The van der Waals surface area contributed by atoms with Crippen LogP contribution in [0.5, 0.6) is 5.75 Å². The van der Waals surface area contributed by atoms with Crippen LogP contribution in [0.15, 0.2) is 24.3 Å². The topological polar surface area (TPSA) is 70.7 Å². The minimum Gasteiger partial charge on any atom is -0.492 e. The normalized spacial score (nSPS) is 17.5. The maximum Gasteiger partial charge on any atom is 0.322 e. The van der Waals surface area contributed by atoms with Crippen LogP contribution in [0, 0.1) is 0 Å². The first-order chi connectivity index (χ1) is 11.3. The molecule has 0 aromatic heterocycles. The molecule has 6 nitrogen and oxygen atoms in total. The van der Waals surface area contributed by atoms with E-state index < -0.39 is 6.04 Å². The second kappa shape index (κ2) is 7.55. The Kier molecular flexibility index (Phi) is 5.70. The summed E-state index contributed by atoms with van der Waals surface area (Å²) in [6.45, 7) is 8.79. The van der Waals surface area contributed by atoms with Crippen molar-refractivity contribution in [2.45, 2.75) is 52.1 Å². The number of rotatable bonds is 4. The molecule has 0 aliphatic carbocycles. The van der Waals surface area contributed by atoms with Crippen LogP contribution in [0.1, 0.15) is 40.5 Å². The van der Waals surface area contributed by atoms with Crippen molar-refractivity contribution in [3.8, 4) is 5.75 Å². The van der Waals surface area contributed by atoms with Crippen LogP contribution >= 0.6 is 0 Å². The van der Waals surface area contributed by atoms with Crippen LogP contribution < -0.4 is 15.4 Å². The zero-order valence-electron chi connectivity index (χ0n) is 14.9. The third-order valence-electron chi connectivity index (χ3n) is 3.74. The SMILES string of the molecule is CCOc1ccccc1NC(=O)N1CCC[C@@H]1C(=O)NC(C)(C)C. The van der Waals surface area contributed by atoms with E-state index in [2.05, 4.69) is 10.6 Å². The van der Waals surface area contributed by atoms with E-state index >= 15 is 0 Å². The fraction of sp³-hybridized carbons (Fsp3) is 0.556. The Bertz CT molecular complexity index is 595. The molecule has 1 atom stereocenters. The lowest BCUT2D eigenvalue weighted by atomic mass is 10.1. The van der Waals surface area contributed by atoms with Gasteiger partial charge in [-0.1, -0.05) is 12.1 Å². The lowest BCUT2D eigenvalue weighted by molar-refractivity contribution is -0.126. The number of para-hydroxylation sites is 2. The third-order valence-corrected chi connectivity index (χ3v) is 3.74. The predicted octanol–water partition coefficient (Wildman–Crippen LogP) is 3.00. The van der Waals surface area contributed by atoms with Crippen molar-refractivity contribution in [3.05, 3.63) is 24.3 Å². The Morgan fingerprint density at radius 2 is 2.00 bits per heavy atom. The first-order valence-corrected chi connectivity index (χ1v) is 8.43. The van der Waals surface area contributed by atoms with Gasteiger partial charge in [-0.15, -0.1) is 0 Å². The van der Waals surface area contributed by atoms with Crippen molar-refractivity contribution in [2.24, 2.45) is 0 Å². The van der Waals surface area contributed by atoms with Crippen LogP contribution in [0.4, 0.5) is 10.5 Å². The Morgan fingerprint density at radius 1 is 1.29 bits per heavy atom. The standard InChI is InChI=1S/C18H27N3O3/c1-5-24-15-11-7-6-9-13(15)19-17(23)21-12-8-10-14(21)16(22)20-18(2,3)4/h6-7,9,11,14H,5,8,10,12H2,1-4H3,(H,19,23)(H,20,22)/t14-/m1/s1.